The van der Waals surface area contributed by atoms with E-state index in [9.17, 15) is 8.78 Å². The summed E-state index contributed by atoms with van der Waals surface area (Å²) in [6.45, 7) is -0.694. The van der Waals surface area contributed by atoms with E-state index in [-0.39, 0.29) is 5.75 Å². The van der Waals surface area contributed by atoms with Crippen LogP contribution in [0.2, 0.25) is 0 Å². The molecule has 1 rings (SSSR count). The van der Waals surface area contributed by atoms with Crippen molar-refractivity contribution in [3.05, 3.63) is 17.7 Å². The van der Waals surface area contributed by atoms with Gasteiger partial charge in [0.05, 0.1) is 14.2 Å². The molecule has 1 aromatic carbocycles. The van der Waals surface area contributed by atoms with E-state index in [4.69, 9.17) is 14.2 Å². The summed E-state index contributed by atoms with van der Waals surface area (Å²) in [5, 5.41) is 0.606. The molecule has 1 aromatic rings. The van der Waals surface area contributed by atoms with E-state index in [0.29, 0.717) is 16.8 Å². The van der Waals surface area contributed by atoms with E-state index >= 15 is 0 Å². The van der Waals surface area contributed by atoms with Crippen LogP contribution >= 0.6 is 15.9 Å². The van der Waals surface area contributed by atoms with Crippen LogP contribution in [-0.4, -0.2) is 27.3 Å². The Bertz CT molecular complexity index is 347. The molecule has 6 heteroatoms. The minimum atomic E-state index is -2.54. The molecule has 0 atom stereocenters. The van der Waals surface area contributed by atoms with E-state index in [1.807, 2.05) is 0 Å². The standard InChI is InChI=1S/C11H13BrF2O3/c1-15-8-3-7(5-12)4-9(16-2)11(8)17-6-10(13)14/h3-4,10H,5-6H2,1-2H3. The first-order chi connectivity index (χ1) is 8.12. The molecule has 96 valence electrons. The lowest BCUT2D eigenvalue weighted by Gasteiger charge is -2.15. The number of hydrogen-bond donors (Lipinski definition) is 0. The van der Waals surface area contributed by atoms with Crippen molar-refractivity contribution >= 4 is 15.9 Å². The second-order valence-electron chi connectivity index (χ2n) is 3.17. The fraction of sp³-hybridized carbons (Fsp3) is 0.455. The first-order valence-electron chi connectivity index (χ1n) is 4.84. The lowest BCUT2D eigenvalue weighted by molar-refractivity contribution is 0.0789. The van der Waals surface area contributed by atoms with Gasteiger partial charge in [0, 0.05) is 5.33 Å². The van der Waals surface area contributed by atoms with Gasteiger partial charge in [0.15, 0.2) is 11.5 Å². The second kappa shape index (κ2) is 6.64. The number of ether oxygens (including phenoxy) is 3. The van der Waals surface area contributed by atoms with E-state index in [1.54, 1.807) is 12.1 Å². The normalized spacial score (nSPS) is 10.5. The largest absolute Gasteiger partial charge is 0.493 e. The van der Waals surface area contributed by atoms with Gasteiger partial charge in [0.25, 0.3) is 6.43 Å². The van der Waals surface area contributed by atoms with Crippen molar-refractivity contribution in [1.82, 2.24) is 0 Å². The van der Waals surface area contributed by atoms with Gasteiger partial charge in [-0.05, 0) is 17.7 Å². The van der Waals surface area contributed by atoms with E-state index in [2.05, 4.69) is 15.9 Å². The van der Waals surface area contributed by atoms with Crippen LogP contribution in [-0.2, 0) is 5.33 Å². The molecule has 0 aliphatic carbocycles. The summed E-state index contributed by atoms with van der Waals surface area (Å²) >= 11 is 3.30. The van der Waals surface area contributed by atoms with Crippen molar-refractivity contribution in [3.63, 3.8) is 0 Å². The molecule has 0 saturated carbocycles. The van der Waals surface area contributed by atoms with E-state index in [0.717, 1.165) is 5.56 Å². The Morgan fingerprint density at radius 3 is 2.06 bits per heavy atom. The van der Waals surface area contributed by atoms with Crippen molar-refractivity contribution in [1.29, 1.82) is 0 Å². The fourth-order valence-corrected chi connectivity index (χ4v) is 1.62. The molecular formula is C11H13BrF2O3. The molecule has 0 heterocycles. The molecule has 0 N–H and O–H groups in total. The van der Waals surface area contributed by atoms with Crippen LogP contribution in [0.1, 0.15) is 5.56 Å². The highest BCUT2D eigenvalue weighted by atomic mass is 79.9. The zero-order valence-electron chi connectivity index (χ0n) is 9.50. The minimum Gasteiger partial charge on any atom is -0.493 e. The van der Waals surface area contributed by atoms with Crippen LogP contribution in [0.4, 0.5) is 8.78 Å². The summed E-state index contributed by atoms with van der Waals surface area (Å²) < 4.78 is 39.4. The van der Waals surface area contributed by atoms with Crippen LogP contribution in [0.25, 0.3) is 0 Å². The monoisotopic (exact) mass is 310 g/mol. The first kappa shape index (κ1) is 14.0. The number of rotatable bonds is 6. The van der Waals surface area contributed by atoms with Crippen molar-refractivity contribution in [2.75, 3.05) is 20.8 Å². The minimum absolute atomic E-state index is 0.194. The third kappa shape index (κ3) is 3.73. The third-order valence-corrected chi connectivity index (χ3v) is 2.68. The Kier molecular flexibility index (Phi) is 5.47. The Labute approximate surface area is 107 Å². The molecule has 0 aliphatic rings. The fourth-order valence-electron chi connectivity index (χ4n) is 1.30. The lowest BCUT2D eigenvalue weighted by atomic mass is 10.2. The Morgan fingerprint density at radius 2 is 1.71 bits per heavy atom. The lowest BCUT2D eigenvalue weighted by Crippen LogP contribution is -2.09. The number of methoxy groups -OCH3 is 2. The van der Waals surface area contributed by atoms with Gasteiger partial charge in [-0.2, -0.15) is 0 Å². The van der Waals surface area contributed by atoms with Crippen molar-refractivity contribution in [2.45, 2.75) is 11.8 Å². The zero-order valence-corrected chi connectivity index (χ0v) is 11.1. The molecule has 17 heavy (non-hydrogen) atoms. The summed E-state index contributed by atoms with van der Waals surface area (Å²) in [6.07, 6.45) is -2.54. The maximum absolute atomic E-state index is 12.1. The van der Waals surface area contributed by atoms with Gasteiger partial charge in [-0.1, -0.05) is 15.9 Å². The average molecular weight is 311 g/mol. The quantitative estimate of drug-likeness (QED) is 0.755. The highest BCUT2D eigenvalue weighted by Crippen LogP contribution is 2.39. The van der Waals surface area contributed by atoms with E-state index < -0.39 is 13.0 Å². The Balaban J connectivity index is 3.06. The van der Waals surface area contributed by atoms with Crippen LogP contribution in [0.3, 0.4) is 0 Å². The van der Waals surface area contributed by atoms with Gasteiger partial charge >= 0.3 is 0 Å². The summed E-state index contributed by atoms with van der Waals surface area (Å²) in [5.74, 6) is 0.943. The molecule has 0 spiro atoms. The smallest absolute Gasteiger partial charge is 0.272 e. The molecule has 0 saturated heterocycles. The van der Waals surface area contributed by atoms with Crippen molar-refractivity contribution < 1.29 is 23.0 Å². The SMILES string of the molecule is COc1cc(CBr)cc(OC)c1OCC(F)F. The van der Waals surface area contributed by atoms with Gasteiger partial charge in [-0.15, -0.1) is 0 Å². The molecule has 0 unspecified atom stereocenters. The number of benzene rings is 1. The Morgan fingerprint density at radius 1 is 1.18 bits per heavy atom. The van der Waals surface area contributed by atoms with Gasteiger partial charge < -0.3 is 14.2 Å². The molecule has 0 bridgehead atoms. The maximum Gasteiger partial charge on any atom is 0.272 e. The third-order valence-electron chi connectivity index (χ3n) is 2.03. The molecule has 0 radical (unpaired) electrons. The van der Waals surface area contributed by atoms with Crippen molar-refractivity contribution in [2.24, 2.45) is 0 Å². The summed E-state index contributed by atoms with van der Waals surface area (Å²) in [7, 11) is 2.89. The summed E-state index contributed by atoms with van der Waals surface area (Å²) in [5.41, 5.74) is 0.906. The first-order valence-corrected chi connectivity index (χ1v) is 5.96. The molecule has 0 aromatic heterocycles. The molecule has 0 amide bonds. The van der Waals surface area contributed by atoms with Gasteiger partial charge in [-0.3, -0.25) is 0 Å². The predicted octanol–water partition coefficient (Wildman–Crippen LogP) is 3.24. The molecule has 0 fully saturated rings. The molecule has 3 nitrogen and oxygen atoms in total. The molecular weight excluding hydrogens is 298 g/mol. The van der Waals surface area contributed by atoms with Crippen LogP contribution in [0.15, 0.2) is 12.1 Å². The predicted molar refractivity (Wildman–Crippen MR) is 63.7 cm³/mol. The highest BCUT2D eigenvalue weighted by molar-refractivity contribution is 9.08. The summed E-state index contributed by atoms with van der Waals surface area (Å²) in [6, 6.07) is 3.41. The topological polar surface area (TPSA) is 27.7 Å². The number of alkyl halides is 3. The maximum atomic E-state index is 12.1. The highest BCUT2D eigenvalue weighted by Gasteiger charge is 2.15. The van der Waals surface area contributed by atoms with Gasteiger partial charge in [-0.25, -0.2) is 8.78 Å². The number of halogens is 3. The van der Waals surface area contributed by atoms with Crippen molar-refractivity contribution in [3.8, 4) is 17.2 Å². The van der Waals surface area contributed by atoms with Crippen LogP contribution in [0, 0.1) is 0 Å². The summed E-state index contributed by atoms with van der Waals surface area (Å²) in [4.78, 5) is 0. The zero-order chi connectivity index (χ0) is 12.8. The average Bonchev–Trinajstić information content (AvgIpc) is 2.34. The molecule has 0 aliphatic heterocycles. The van der Waals surface area contributed by atoms with Gasteiger partial charge in [0.1, 0.15) is 6.61 Å². The Hall–Kier alpha value is -1.04. The van der Waals surface area contributed by atoms with E-state index in [1.165, 1.54) is 14.2 Å². The number of hydrogen-bond acceptors (Lipinski definition) is 3. The van der Waals surface area contributed by atoms with Crippen LogP contribution in [0.5, 0.6) is 17.2 Å². The second-order valence-corrected chi connectivity index (χ2v) is 3.73. The van der Waals surface area contributed by atoms with Crippen LogP contribution < -0.4 is 14.2 Å². The van der Waals surface area contributed by atoms with Gasteiger partial charge in [0.2, 0.25) is 5.75 Å².